The van der Waals surface area contributed by atoms with Gasteiger partial charge in [0, 0.05) is 44.5 Å². The van der Waals surface area contributed by atoms with Gasteiger partial charge < -0.3 is 14.5 Å². The summed E-state index contributed by atoms with van der Waals surface area (Å²) in [7, 11) is 2.07. The first-order valence-corrected chi connectivity index (χ1v) is 8.07. The summed E-state index contributed by atoms with van der Waals surface area (Å²) in [6.45, 7) is 4.31. The molecule has 1 amide bonds. The molecule has 0 saturated carbocycles. The Morgan fingerprint density at radius 1 is 1.32 bits per heavy atom. The number of aromatic nitrogens is 2. The zero-order valence-electron chi connectivity index (χ0n) is 13.4. The molecular formula is C16H24N4O2. The third-order valence-corrected chi connectivity index (χ3v) is 4.68. The minimum absolute atomic E-state index is 0.177. The van der Waals surface area contributed by atoms with Crippen LogP contribution in [0.3, 0.4) is 0 Å². The second kappa shape index (κ2) is 6.60. The summed E-state index contributed by atoms with van der Waals surface area (Å²) in [5.74, 6) is 1.13. The molecule has 1 unspecified atom stereocenters. The van der Waals surface area contributed by atoms with Gasteiger partial charge in [-0.1, -0.05) is 0 Å². The van der Waals surface area contributed by atoms with E-state index in [1.54, 1.807) is 6.33 Å². The molecule has 0 aliphatic carbocycles. The Labute approximate surface area is 131 Å². The van der Waals surface area contributed by atoms with Crippen LogP contribution in [0.5, 0.6) is 0 Å². The van der Waals surface area contributed by atoms with Crippen LogP contribution in [0.1, 0.15) is 31.4 Å². The molecule has 0 radical (unpaired) electrons. The molecule has 0 spiro atoms. The fourth-order valence-electron chi connectivity index (χ4n) is 3.27. The minimum atomic E-state index is -0.196. The van der Waals surface area contributed by atoms with E-state index in [1.807, 2.05) is 17.9 Å². The zero-order valence-corrected chi connectivity index (χ0v) is 13.4. The van der Waals surface area contributed by atoms with Crippen LogP contribution in [0, 0.1) is 6.92 Å². The number of anilines is 1. The average Bonchev–Trinajstić information content (AvgIpc) is 3.08. The van der Waals surface area contributed by atoms with E-state index in [1.165, 1.54) is 0 Å². The van der Waals surface area contributed by atoms with Gasteiger partial charge in [0.2, 0.25) is 0 Å². The highest BCUT2D eigenvalue weighted by molar-refractivity contribution is 5.81. The molecule has 2 aliphatic heterocycles. The SMILES string of the molecule is Cc1cc(N(C)C2CCN(C(=O)C3CCCO3)CC2)ncn1. The van der Waals surface area contributed by atoms with Gasteiger partial charge in [-0.25, -0.2) is 9.97 Å². The van der Waals surface area contributed by atoms with Gasteiger partial charge in [-0.15, -0.1) is 0 Å². The van der Waals surface area contributed by atoms with Gasteiger partial charge in [-0.3, -0.25) is 4.79 Å². The largest absolute Gasteiger partial charge is 0.368 e. The van der Waals surface area contributed by atoms with Crippen LogP contribution in [-0.4, -0.2) is 59.7 Å². The number of likely N-dealkylation sites (tertiary alicyclic amines) is 1. The number of piperidine rings is 1. The van der Waals surface area contributed by atoms with E-state index >= 15 is 0 Å². The Balaban J connectivity index is 1.56. The fraction of sp³-hybridized carbons (Fsp3) is 0.688. The Bertz CT molecular complexity index is 523. The lowest BCUT2D eigenvalue weighted by atomic mass is 10.0. The molecule has 1 aromatic heterocycles. The molecular weight excluding hydrogens is 280 g/mol. The monoisotopic (exact) mass is 304 g/mol. The first-order valence-electron chi connectivity index (χ1n) is 8.07. The topological polar surface area (TPSA) is 58.6 Å². The molecule has 0 N–H and O–H groups in total. The Kier molecular flexibility index (Phi) is 4.57. The first-order chi connectivity index (χ1) is 10.6. The maximum Gasteiger partial charge on any atom is 0.251 e. The number of carbonyl (C=O) groups excluding carboxylic acids is 1. The highest BCUT2D eigenvalue weighted by atomic mass is 16.5. The summed E-state index contributed by atoms with van der Waals surface area (Å²) in [6.07, 6.45) is 5.23. The Morgan fingerprint density at radius 2 is 2.09 bits per heavy atom. The molecule has 6 nitrogen and oxygen atoms in total. The van der Waals surface area contributed by atoms with E-state index in [2.05, 4.69) is 21.9 Å². The van der Waals surface area contributed by atoms with Gasteiger partial charge in [0.05, 0.1) is 0 Å². The molecule has 3 heterocycles. The fourth-order valence-corrected chi connectivity index (χ4v) is 3.27. The van der Waals surface area contributed by atoms with E-state index in [-0.39, 0.29) is 12.0 Å². The van der Waals surface area contributed by atoms with Crippen LogP contribution in [0.2, 0.25) is 0 Å². The van der Waals surface area contributed by atoms with E-state index in [4.69, 9.17) is 4.74 Å². The smallest absolute Gasteiger partial charge is 0.251 e. The second-order valence-electron chi connectivity index (χ2n) is 6.19. The summed E-state index contributed by atoms with van der Waals surface area (Å²) < 4.78 is 5.51. The lowest BCUT2D eigenvalue weighted by Gasteiger charge is -2.38. The lowest BCUT2D eigenvalue weighted by Crippen LogP contribution is -2.48. The quantitative estimate of drug-likeness (QED) is 0.844. The summed E-state index contributed by atoms with van der Waals surface area (Å²) in [4.78, 5) is 25.0. The Morgan fingerprint density at radius 3 is 2.73 bits per heavy atom. The number of rotatable bonds is 3. The zero-order chi connectivity index (χ0) is 15.5. The van der Waals surface area contributed by atoms with Gasteiger partial charge in [-0.05, 0) is 32.6 Å². The maximum absolute atomic E-state index is 12.4. The molecule has 2 fully saturated rings. The first kappa shape index (κ1) is 15.2. The van der Waals surface area contributed by atoms with Gasteiger partial charge in [0.15, 0.2) is 0 Å². The van der Waals surface area contributed by atoms with E-state index in [9.17, 15) is 4.79 Å². The van der Waals surface area contributed by atoms with Crippen molar-refractivity contribution in [2.45, 2.75) is 44.8 Å². The van der Waals surface area contributed by atoms with Gasteiger partial charge in [0.25, 0.3) is 5.91 Å². The molecule has 1 aromatic rings. The molecule has 22 heavy (non-hydrogen) atoms. The van der Waals surface area contributed by atoms with Crippen molar-refractivity contribution in [3.8, 4) is 0 Å². The summed E-state index contributed by atoms with van der Waals surface area (Å²) in [6, 6.07) is 2.42. The van der Waals surface area contributed by atoms with Gasteiger partial charge >= 0.3 is 0 Å². The summed E-state index contributed by atoms with van der Waals surface area (Å²) in [5.41, 5.74) is 0.975. The third-order valence-electron chi connectivity index (χ3n) is 4.68. The number of amides is 1. The van der Waals surface area contributed by atoms with Crippen LogP contribution in [0.4, 0.5) is 5.82 Å². The van der Waals surface area contributed by atoms with Crippen LogP contribution in [-0.2, 0) is 9.53 Å². The van der Waals surface area contributed by atoms with Gasteiger partial charge in [0.1, 0.15) is 18.2 Å². The average molecular weight is 304 g/mol. The maximum atomic E-state index is 12.4. The molecule has 2 saturated heterocycles. The van der Waals surface area contributed by atoms with Crippen molar-refractivity contribution < 1.29 is 9.53 Å². The molecule has 3 rings (SSSR count). The van der Waals surface area contributed by atoms with Crippen molar-refractivity contribution in [3.05, 3.63) is 18.1 Å². The van der Waals surface area contributed by atoms with Crippen LogP contribution >= 0.6 is 0 Å². The second-order valence-corrected chi connectivity index (χ2v) is 6.19. The minimum Gasteiger partial charge on any atom is -0.368 e. The predicted molar refractivity (Wildman–Crippen MR) is 83.7 cm³/mol. The predicted octanol–water partition coefficient (Wildman–Crippen LogP) is 1.39. The lowest BCUT2D eigenvalue weighted by molar-refractivity contribution is -0.141. The van der Waals surface area contributed by atoms with Crippen LogP contribution in [0.15, 0.2) is 12.4 Å². The molecule has 0 aromatic carbocycles. The number of ether oxygens (including phenoxy) is 1. The molecule has 120 valence electrons. The van der Waals surface area contributed by atoms with Crippen molar-refractivity contribution >= 4 is 11.7 Å². The van der Waals surface area contributed by atoms with Crippen molar-refractivity contribution in [1.29, 1.82) is 0 Å². The van der Waals surface area contributed by atoms with Gasteiger partial charge in [-0.2, -0.15) is 0 Å². The summed E-state index contributed by atoms with van der Waals surface area (Å²) in [5, 5.41) is 0. The number of hydrogen-bond acceptors (Lipinski definition) is 5. The number of nitrogens with zero attached hydrogens (tertiary/aromatic N) is 4. The Hall–Kier alpha value is -1.69. The third kappa shape index (κ3) is 3.21. The van der Waals surface area contributed by atoms with E-state index < -0.39 is 0 Å². The number of hydrogen-bond donors (Lipinski definition) is 0. The molecule has 2 aliphatic rings. The van der Waals surface area contributed by atoms with E-state index in [0.717, 1.165) is 56.9 Å². The molecule has 6 heteroatoms. The standard InChI is InChI=1S/C16H24N4O2/c1-12-10-15(18-11-17-12)19(2)13-5-7-20(8-6-13)16(21)14-4-3-9-22-14/h10-11,13-14H,3-9H2,1-2H3. The number of aryl methyl sites for hydroxylation is 1. The van der Waals surface area contributed by atoms with E-state index in [0.29, 0.717) is 6.04 Å². The highest BCUT2D eigenvalue weighted by Gasteiger charge is 2.31. The van der Waals surface area contributed by atoms with Crippen molar-refractivity contribution in [2.75, 3.05) is 31.6 Å². The van der Waals surface area contributed by atoms with Crippen molar-refractivity contribution in [3.63, 3.8) is 0 Å². The number of carbonyl (C=O) groups is 1. The summed E-state index contributed by atoms with van der Waals surface area (Å²) >= 11 is 0. The molecule has 0 bridgehead atoms. The van der Waals surface area contributed by atoms with Crippen molar-refractivity contribution in [1.82, 2.24) is 14.9 Å². The van der Waals surface area contributed by atoms with Crippen LogP contribution < -0.4 is 4.90 Å². The van der Waals surface area contributed by atoms with Crippen LogP contribution in [0.25, 0.3) is 0 Å². The highest BCUT2D eigenvalue weighted by Crippen LogP contribution is 2.23. The molecule has 1 atom stereocenters. The normalized spacial score (nSPS) is 22.8. The van der Waals surface area contributed by atoms with Crippen molar-refractivity contribution in [2.24, 2.45) is 0 Å².